The van der Waals surface area contributed by atoms with Gasteiger partial charge in [0.15, 0.2) is 0 Å². The minimum absolute atomic E-state index is 0. The fourth-order valence-electron chi connectivity index (χ4n) is 9.09. The van der Waals surface area contributed by atoms with Gasteiger partial charge in [-0.2, -0.15) is 0 Å². The molecule has 376 valence electrons. The van der Waals surface area contributed by atoms with E-state index < -0.39 is 23.2 Å². The zero-order valence-corrected chi connectivity index (χ0v) is 46.8. The van der Waals surface area contributed by atoms with Gasteiger partial charge in [-0.3, -0.25) is 0 Å². The molecule has 0 fully saturated rings. The zero-order chi connectivity index (χ0) is 51.5. The van der Waals surface area contributed by atoms with Crippen LogP contribution in [0.4, 0.5) is 26.3 Å². The number of ether oxygens (including phenoxy) is 1. The molecule has 0 atom stereocenters. The predicted octanol–water partition coefficient (Wildman–Crippen LogP) is 17.2. The minimum Gasteiger partial charge on any atom is 2.00 e. The molecule has 12 heteroatoms. The van der Waals surface area contributed by atoms with Crippen LogP contribution in [0.3, 0.4) is 0 Å². The molecule has 3 nitrogen and oxygen atoms in total. The molecule has 10 rings (SSSR count). The quantitative estimate of drug-likeness (QED) is 0.0695. The molecule has 74 heavy (non-hydrogen) atoms. The number of halogens is 6. The summed E-state index contributed by atoms with van der Waals surface area (Å²) in [6, 6.07) is 54.9. The first-order valence-electron chi connectivity index (χ1n) is 23.7. The van der Waals surface area contributed by atoms with E-state index >= 15 is 0 Å². The van der Waals surface area contributed by atoms with E-state index in [9.17, 15) is 26.3 Å². The Balaban J connectivity index is 0.00000672. The molecule has 0 aliphatic rings. The van der Waals surface area contributed by atoms with Crippen molar-refractivity contribution in [1.29, 1.82) is 0 Å². The molecule has 0 saturated heterocycles. The molecule has 4 aromatic heterocycles. The van der Waals surface area contributed by atoms with Crippen LogP contribution >= 0.6 is 0 Å². The van der Waals surface area contributed by atoms with E-state index in [0.29, 0.717) is 22.6 Å². The third-order valence-electron chi connectivity index (χ3n) is 13.6. The summed E-state index contributed by atoms with van der Waals surface area (Å²) in [5.74, 6) is 0.931. The Morgan fingerprint density at radius 2 is 1.04 bits per heavy atom. The summed E-state index contributed by atoms with van der Waals surface area (Å²) >= 11 is -0.369. The third-order valence-corrected chi connectivity index (χ3v) is 19.0. The van der Waals surface area contributed by atoms with E-state index in [4.69, 9.17) is 14.7 Å². The fraction of sp³-hybridized carbons (Fsp3) is 0.194. The SMILES string of the molecule is Cc1cc(-c2cc3ccnc(-c4[c-]c(Oc5[c-]c(-c6nccc7c(C)c(-c8ccc(CC(C)(C)C(F)(F)F)cc8)[se]c67)cc(-c6ccccc6)c5)cc(-c5ccccc5)c4)c3[se]2)ccc1CC(C)(C)C(F)(F)F.[Pt+2]. The minimum atomic E-state index is -4.32. The Morgan fingerprint density at radius 3 is 1.59 bits per heavy atom. The van der Waals surface area contributed by atoms with Gasteiger partial charge in [0.25, 0.3) is 0 Å². The van der Waals surface area contributed by atoms with Crippen molar-refractivity contribution in [3.63, 3.8) is 0 Å². The van der Waals surface area contributed by atoms with E-state index in [0.717, 1.165) is 95.2 Å². The summed E-state index contributed by atoms with van der Waals surface area (Å²) < 4.78 is 94.1. The first-order chi connectivity index (χ1) is 34.7. The summed E-state index contributed by atoms with van der Waals surface area (Å²) in [7, 11) is 0. The Kier molecular flexibility index (Phi) is 14.9. The van der Waals surface area contributed by atoms with Crippen LogP contribution in [0.15, 0.2) is 158 Å². The second-order valence-corrected chi connectivity index (χ2v) is 24.2. The monoisotopic (exact) mass is 1310 g/mol. The van der Waals surface area contributed by atoms with E-state index in [1.165, 1.54) is 27.7 Å². The molecular weight excluding hydrogens is 1260 g/mol. The molecule has 0 spiro atoms. The number of aryl methyl sites for hydroxylation is 2. The number of benzene rings is 6. The summed E-state index contributed by atoms with van der Waals surface area (Å²) in [6.07, 6.45) is -5.23. The van der Waals surface area contributed by atoms with Crippen molar-refractivity contribution < 1.29 is 52.1 Å². The molecule has 0 amide bonds. The molecular formula is C62H48F6N2OPtSe2. The standard InChI is InChI=1S/C62H48F6N2OSe2.Pt/c1-37-27-43(21-22-45(37)36-60(5,6)62(66,67)68)53-34-44-23-25-69-54(57(44)72-53)48-28-46(40-13-9-7-10-14-40)30-50(32-48)71-51-31-47(41-15-11-8-12-16-41)29-49(33-51)55-58-52(24-26-70-55)38(2)56(73-58)42-19-17-39(18-20-42)35-59(3,4)61(63,64)65;/h7-31,34H,35-36H2,1-6H3;/q-2;+2. The predicted molar refractivity (Wildman–Crippen MR) is 284 cm³/mol. The van der Waals surface area contributed by atoms with Crippen LogP contribution in [-0.2, 0) is 33.9 Å². The number of nitrogens with zero attached hydrogens (tertiary/aromatic N) is 2. The normalized spacial score (nSPS) is 12.3. The molecule has 0 saturated carbocycles. The van der Waals surface area contributed by atoms with Gasteiger partial charge in [-0.1, -0.05) is 0 Å². The van der Waals surface area contributed by atoms with Gasteiger partial charge in [-0.05, 0) is 0 Å². The maximum absolute atomic E-state index is 13.8. The molecule has 0 N–H and O–H groups in total. The van der Waals surface area contributed by atoms with Crippen LogP contribution in [0, 0.1) is 36.8 Å². The molecule has 10 aromatic rings. The molecule has 6 aromatic carbocycles. The fourth-order valence-corrected chi connectivity index (χ4v) is 14.3. The van der Waals surface area contributed by atoms with Gasteiger partial charge < -0.3 is 0 Å². The van der Waals surface area contributed by atoms with Gasteiger partial charge in [0.05, 0.1) is 0 Å². The van der Waals surface area contributed by atoms with Crippen LogP contribution in [0.1, 0.15) is 49.9 Å². The van der Waals surface area contributed by atoms with Gasteiger partial charge in [-0.15, -0.1) is 0 Å². The third kappa shape index (κ3) is 10.8. The summed E-state index contributed by atoms with van der Waals surface area (Å²) in [5, 5.41) is 2.12. The number of pyridine rings is 2. The van der Waals surface area contributed by atoms with Crippen LogP contribution in [0.2, 0.25) is 0 Å². The number of fused-ring (bicyclic) bond motifs is 2. The number of aromatic nitrogens is 2. The first-order valence-corrected chi connectivity index (χ1v) is 27.2. The Hall–Kier alpha value is -5.79. The Bertz CT molecular complexity index is 3660. The van der Waals surface area contributed by atoms with Crippen molar-refractivity contribution in [1.82, 2.24) is 9.97 Å². The molecule has 0 aliphatic heterocycles. The van der Waals surface area contributed by atoms with Crippen LogP contribution in [-0.4, -0.2) is 51.3 Å². The topological polar surface area (TPSA) is 35.0 Å². The number of hydrogen-bond acceptors (Lipinski definition) is 3. The van der Waals surface area contributed by atoms with Crippen molar-refractivity contribution in [2.45, 2.75) is 66.7 Å². The Labute approximate surface area is 453 Å². The molecule has 0 bridgehead atoms. The van der Waals surface area contributed by atoms with Crippen molar-refractivity contribution in [2.24, 2.45) is 10.8 Å². The molecule has 4 heterocycles. The summed E-state index contributed by atoms with van der Waals surface area (Å²) in [4.78, 5) is 9.94. The van der Waals surface area contributed by atoms with Gasteiger partial charge in [0.1, 0.15) is 0 Å². The summed E-state index contributed by atoms with van der Waals surface area (Å²) in [6.45, 7) is 8.94. The second-order valence-electron chi connectivity index (χ2n) is 19.9. The van der Waals surface area contributed by atoms with Gasteiger partial charge >= 0.3 is 457 Å². The van der Waals surface area contributed by atoms with Crippen molar-refractivity contribution in [3.8, 4) is 76.3 Å². The van der Waals surface area contributed by atoms with Crippen LogP contribution in [0.25, 0.3) is 84.1 Å². The summed E-state index contributed by atoms with van der Waals surface area (Å²) in [5.41, 5.74) is 8.36. The van der Waals surface area contributed by atoms with Gasteiger partial charge in [0, 0.05) is 0 Å². The van der Waals surface area contributed by atoms with E-state index in [1.807, 2.05) is 128 Å². The molecule has 0 radical (unpaired) electrons. The van der Waals surface area contributed by atoms with E-state index in [2.05, 4.69) is 49.4 Å². The maximum atomic E-state index is 13.8. The number of rotatable bonds is 12. The van der Waals surface area contributed by atoms with E-state index in [-0.39, 0.29) is 62.9 Å². The zero-order valence-electron chi connectivity index (χ0n) is 41.1. The van der Waals surface area contributed by atoms with Crippen molar-refractivity contribution >= 4 is 48.3 Å². The van der Waals surface area contributed by atoms with Gasteiger partial charge in [0.2, 0.25) is 0 Å². The number of hydrogen-bond donors (Lipinski definition) is 0. The van der Waals surface area contributed by atoms with Crippen LogP contribution < -0.4 is 4.74 Å². The van der Waals surface area contributed by atoms with E-state index in [1.54, 1.807) is 6.20 Å². The number of alkyl halides is 6. The second kappa shape index (κ2) is 20.7. The van der Waals surface area contributed by atoms with Crippen LogP contribution in [0.5, 0.6) is 11.5 Å². The first kappa shape index (κ1) is 53.0. The average Bonchev–Trinajstić information content (AvgIpc) is 3.96. The molecule has 0 aliphatic carbocycles. The smallest absolute Gasteiger partial charge is 2.00 e. The largest absolute Gasteiger partial charge is 2.00 e. The average molecular weight is 1300 g/mol. The van der Waals surface area contributed by atoms with Crippen molar-refractivity contribution in [2.75, 3.05) is 0 Å². The van der Waals surface area contributed by atoms with Crippen molar-refractivity contribution in [3.05, 3.63) is 192 Å². The Morgan fingerprint density at radius 1 is 0.514 bits per heavy atom. The molecule has 0 unspecified atom stereocenters. The van der Waals surface area contributed by atoms with Gasteiger partial charge in [-0.25, -0.2) is 0 Å². The maximum Gasteiger partial charge on any atom is 2.00 e.